The second kappa shape index (κ2) is 10.2. The van der Waals surface area contributed by atoms with Crippen molar-refractivity contribution < 1.29 is 19.7 Å². The van der Waals surface area contributed by atoms with E-state index in [4.69, 9.17) is 9.47 Å². The Morgan fingerprint density at radius 1 is 0.432 bits per heavy atom. The molecule has 0 fully saturated rings. The van der Waals surface area contributed by atoms with E-state index in [0.717, 1.165) is 73.9 Å². The Hall–Kier alpha value is -3.92. The fourth-order valence-corrected chi connectivity index (χ4v) is 5.03. The molecular formula is C33H36O4. The Kier molecular flexibility index (Phi) is 7.22. The van der Waals surface area contributed by atoms with E-state index < -0.39 is 0 Å². The summed E-state index contributed by atoms with van der Waals surface area (Å²) in [7, 11) is 0. The molecule has 0 aliphatic rings. The third-order valence-electron chi connectivity index (χ3n) is 6.82. The van der Waals surface area contributed by atoms with Gasteiger partial charge in [0.05, 0.1) is 0 Å². The quantitative estimate of drug-likeness (QED) is 0.280. The Bertz CT molecular complexity index is 1290. The normalized spacial score (nSPS) is 11.0. The lowest BCUT2D eigenvalue weighted by molar-refractivity contribution is 0.454. The molecule has 4 heteroatoms. The summed E-state index contributed by atoms with van der Waals surface area (Å²) < 4.78 is 12.5. The molecule has 2 N–H and O–H groups in total. The fourth-order valence-electron chi connectivity index (χ4n) is 5.03. The van der Waals surface area contributed by atoms with Crippen molar-refractivity contribution in [1.29, 1.82) is 0 Å². The SMILES string of the molecule is Cc1cc(Oc2c(C)cc(Cc3cc(C)c(Oc4cc(C)c(O)c(C)c4)c(C)c3)cc2C)cc(C)c1O. The van der Waals surface area contributed by atoms with Crippen molar-refractivity contribution in [2.45, 2.75) is 61.8 Å². The Morgan fingerprint density at radius 2 is 0.703 bits per heavy atom. The Morgan fingerprint density at radius 3 is 0.973 bits per heavy atom. The zero-order valence-electron chi connectivity index (χ0n) is 23.0. The van der Waals surface area contributed by atoms with Gasteiger partial charge in [-0.3, -0.25) is 0 Å². The van der Waals surface area contributed by atoms with Crippen LogP contribution in [0, 0.1) is 55.4 Å². The summed E-state index contributed by atoms with van der Waals surface area (Å²) in [5.74, 6) is 3.78. The molecule has 0 aliphatic carbocycles. The largest absolute Gasteiger partial charge is 0.507 e. The molecule has 0 saturated heterocycles. The number of phenolic OH excluding ortho intramolecular Hbond substituents is 2. The minimum Gasteiger partial charge on any atom is -0.507 e. The van der Waals surface area contributed by atoms with E-state index in [1.54, 1.807) is 0 Å². The molecule has 37 heavy (non-hydrogen) atoms. The summed E-state index contributed by atoms with van der Waals surface area (Å²) in [6.45, 7) is 15.8. The third-order valence-corrected chi connectivity index (χ3v) is 6.82. The van der Waals surface area contributed by atoms with Gasteiger partial charge in [-0.1, -0.05) is 24.3 Å². The van der Waals surface area contributed by atoms with Crippen molar-refractivity contribution in [3.8, 4) is 34.5 Å². The molecular weight excluding hydrogens is 460 g/mol. The molecule has 4 aromatic rings. The van der Waals surface area contributed by atoms with Gasteiger partial charge in [0.2, 0.25) is 0 Å². The van der Waals surface area contributed by atoms with Crippen molar-refractivity contribution in [1.82, 2.24) is 0 Å². The maximum Gasteiger partial charge on any atom is 0.133 e. The van der Waals surface area contributed by atoms with E-state index in [1.165, 1.54) is 11.1 Å². The maximum absolute atomic E-state index is 10.1. The lowest BCUT2D eigenvalue weighted by atomic mass is 9.97. The number of phenols is 2. The van der Waals surface area contributed by atoms with Gasteiger partial charge in [-0.25, -0.2) is 0 Å². The van der Waals surface area contributed by atoms with Crippen molar-refractivity contribution in [3.63, 3.8) is 0 Å². The summed E-state index contributed by atoms with van der Waals surface area (Å²) in [4.78, 5) is 0. The van der Waals surface area contributed by atoms with Crippen LogP contribution in [0.15, 0.2) is 48.5 Å². The summed E-state index contributed by atoms with van der Waals surface area (Å²) in [6.07, 6.45) is 0.804. The lowest BCUT2D eigenvalue weighted by Crippen LogP contribution is -1.98. The topological polar surface area (TPSA) is 58.9 Å². The van der Waals surface area contributed by atoms with Gasteiger partial charge in [-0.15, -0.1) is 0 Å². The molecule has 0 radical (unpaired) electrons. The standard InChI is InChI=1S/C33H36O4/c1-18-13-28(14-19(2)30(18)34)36-32-22(5)9-26(10-23(32)6)17-27-11-24(7)33(25(8)12-27)37-29-15-20(3)31(35)21(4)16-29/h9-16,34-35H,17H2,1-8H3. The summed E-state index contributed by atoms with van der Waals surface area (Å²) in [5.41, 5.74) is 9.94. The van der Waals surface area contributed by atoms with E-state index in [0.29, 0.717) is 11.5 Å². The highest BCUT2D eigenvalue weighted by Gasteiger charge is 2.14. The van der Waals surface area contributed by atoms with Crippen LogP contribution >= 0.6 is 0 Å². The Labute approximate surface area is 220 Å². The van der Waals surface area contributed by atoms with Crippen LogP contribution in [0.2, 0.25) is 0 Å². The van der Waals surface area contributed by atoms with Crippen LogP contribution in [0.4, 0.5) is 0 Å². The monoisotopic (exact) mass is 496 g/mol. The van der Waals surface area contributed by atoms with Gasteiger partial charge in [-0.05, 0) is 142 Å². The second-order valence-electron chi connectivity index (χ2n) is 10.3. The van der Waals surface area contributed by atoms with E-state index in [-0.39, 0.29) is 0 Å². The van der Waals surface area contributed by atoms with Crippen LogP contribution in [0.1, 0.15) is 55.6 Å². The van der Waals surface area contributed by atoms with Crippen molar-refractivity contribution >= 4 is 0 Å². The van der Waals surface area contributed by atoms with Gasteiger partial charge in [0, 0.05) is 0 Å². The minimum absolute atomic E-state index is 0.312. The zero-order valence-corrected chi connectivity index (χ0v) is 23.0. The van der Waals surface area contributed by atoms with Gasteiger partial charge in [-0.2, -0.15) is 0 Å². The highest BCUT2D eigenvalue weighted by Crippen LogP contribution is 2.36. The molecule has 0 amide bonds. The molecule has 4 nitrogen and oxygen atoms in total. The Balaban J connectivity index is 1.56. The predicted octanol–water partition coefficient (Wildman–Crippen LogP) is 8.74. The molecule has 0 aromatic heterocycles. The lowest BCUT2D eigenvalue weighted by Gasteiger charge is -2.17. The van der Waals surface area contributed by atoms with Crippen LogP contribution in [-0.4, -0.2) is 10.2 Å². The van der Waals surface area contributed by atoms with Gasteiger partial charge in [0.25, 0.3) is 0 Å². The molecule has 0 bridgehead atoms. The first-order valence-corrected chi connectivity index (χ1v) is 12.6. The van der Waals surface area contributed by atoms with Crippen molar-refractivity contribution in [3.05, 3.63) is 104 Å². The van der Waals surface area contributed by atoms with Gasteiger partial charge >= 0.3 is 0 Å². The zero-order chi connectivity index (χ0) is 27.0. The molecule has 4 aromatic carbocycles. The van der Waals surface area contributed by atoms with Crippen molar-refractivity contribution in [2.24, 2.45) is 0 Å². The van der Waals surface area contributed by atoms with Gasteiger partial charge in [0.1, 0.15) is 34.5 Å². The van der Waals surface area contributed by atoms with E-state index in [2.05, 4.69) is 52.0 Å². The smallest absolute Gasteiger partial charge is 0.133 e. The molecule has 0 aliphatic heterocycles. The predicted molar refractivity (Wildman–Crippen MR) is 150 cm³/mol. The first-order valence-electron chi connectivity index (χ1n) is 12.6. The first-order chi connectivity index (χ1) is 17.4. The van der Waals surface area contributed by atoms with E-state index in [9.17, 15) is 10.2 Å². The highest BCUT2D eigenvalue weighted by molar-refractivity contribution is 5.52. The van der Waals surface area contributed by atoms with Crippen molar-refractivity contribution in [2.75, 3.05) is 0 Å². The van der Waals surface area contributed by atoms with Gasteiger partial charge in [0.15, 0.2) is 0 Å². The average Bonchev–Trinajstić information content (AvgIpc) is 2.80. The molecule has 0 saturated carbocycles. The number of benzene rings is 4. The van der Waals surface area contributed by atoms with Crippen LogP contribution in [0.3, 0.4) is 0 Å². The second-order valence-corrected chi connectivity index (χ2v) is 10.3. The number of hydrogen-bond donors (Lipinski definition) is 2. The van der Waals surface area contributed by atoms with Crippen LogP contribution in [0.25, 0.3) is 0 Å². The minimum atomic E-state index is 0.312. The molecule has 0 heterocycles. The highest BCUT2D eigenvalue weighted by atomic mass is 16.5. The number of aryl methyl sites for hydroxylation is 8. The molecule has 0 unspecified atom stereocenters. The number of hydrogen-bond acceptors (Lipinski definition) is 4. The fraction of sp³-hybridized carbons (Fsp3) is 0.273. The van der Waals surface area contributed by atoms with E-state index in [1.807, 2.05) is 52.0 Å². The number of aromatic hydroxyl groups is 2. The van der Waals surface area contributed by atoms with E-state index >= 15 is 0 Å². The van der Waals surface area contributed by atoms with Crippen LogP contribution in [0.5, 0.6) is 34.5 Å². The summed E-state index contributed by atoms with van der Waals surface area (Å²) in [6, 6.07) is 16.2. The summed E-state index contributed by atoms with van der Waals surface area (Å²) >= 11 is 0. The molecule has 192 valence electrons. The third kappa shape index (κ3) is 5.59. The van der Waals surface area contributed by atoms with Gasteiger partial charge < -0.3 is 19.7 Å². The molecule has 0 atom stereocenters. The summed E-state index contributed by atoms with van der Waals surface area (Å²) in [5, 5.41) is 20.1. The first kappa shape index (κ1) is 26.2. The number of ether oxygens (including phenoxy) is 2. The van der Waals surface area contributed by atoms with Crippen LogP contribution in [-0.2, 0) is 6.42 Å². The molecule has 4 rings (SSSR count). The number of rotatable bonds is 6. The molecule has 0 spiro atoms. The maximum atomic E-state index is 10.1. The van der Waals surface area contributed by atoms with Crippen LogP contribution < -0.4 is 9.47 Å². The average molecular weight is 497 g/mol.